The maximum absolute atomic E-state index is 13.4. The first-order valence-corrected chi connectivity index (χ1v) is 11.1. The molecule has 3 N–H and O–H groups in total. The van der Waals surface area contributed by atoms with Crippen LogP contribution in [0.1, 0.15) is 74.1 Å². The lowest BCUT2D eigenvalue weighted by atomic mass is 9.67. The van der Waals surface area contributed by atoms with Crippen LogP contribution in [0.25, 0.3) is 0 Å². The Morgan fingerprint density at radius 1 is 1.23 bits per heavy atom. The summed E-state index contributed by atoms with van der Waals surface area (Å²) in [5.41, 5.74) is -0.480. The lowest BCUT2D eigenvalue weighted by Crippen LogP contribution is -2.41. The second-order valence-electron chi connectivity index (χ2n) is 10.4. The van der Waals surface area contributed by atoms with Crippen molar-refractivity contribution in [1.82, 2.24) is 0 Å². The monoisotopic (exact) mass is 430 g/mol. The quantitative estimate of drug-likeness (QED) is 0.365. The van der Waals surface area contributed by atoms with Crippen molar-refractivity contribution in [2.45, 2.75) is 79.8 Å². The zero-order valence-corrected chi connectivity index (χ0v) is 20.0. The van der Waals surface area contributed by atoms with E-state index in [0.29, 0.717) is 6.42 Å². The average molecular weight is 431 g/mol. The maximum Gasteiger partial charge on any atom is 0.183 e. The molecule has 2 aliphatic rings. The molecule has 2 aliphatic carbocycles. The van der Waals surface area contributed by atoms with Crippen molar-refractivity contribution in [3.05, 3.63) is 46.5 Å². The van der Waals surface area contributed by atoms with Crippen LogP contribution in [0.15, 0.2) is 46.5 Å². The van der Waals surface area contributed by atoms with E-state index in [9.17, 15) is 24.9 Å². The fourth-order valence-electron chi connectivity index (χ4n) is 4.83. The number of allylic oxidation sites excluding steroid dienone is 6. The van der Waals surface area contributed by atoms with E-state index < -0.39 is 34.3 Å². The van der Waals surface area contributed by atoms with Crippen LogP contribution in [0.4, 0.5) is 0 Å². The third-order valence-electron chi connectivity index (χ3n) is 7.05. The van der Waals surface area contributed by atoms with Crippen LogP contribution >= 0.6 is 0 Å². The topological polar surface area (TPSA) is 94.8 Å². The summed E-state index contributed by atoms with van der Waals surface area (Å²) in [5, 5.41) is 33.3. The molecule has 2 rings (SSSR count). The number of Topliss-reactive ketones (excluding diaryl/α,β-unsaturated/α-hetero) is 2. The molecule has 4 atom stereocenters. The van der Waals surface area contributed by atoms with E-state index in [2.05, 4.69) is 6.58 Å². The van der Waals surface area contributed by atoms with Gasteiger partial charge in [0.05, 0.1) is 11.0 Å². The van der Waals surface area contributed by atoms with Crippen molar-refractivity contribution in [3.8, 4) is 0 Å². The Hall–Kier alpha value is -2.14. The molecule has 0 unspecified atom stereocenters. The van der Waals surface area contributed by atoms with Crippen LogP contribution in [-0.2, 0) is 9.59 Å². The average Bonchev–Trinajstić information content (AvgIpc) is 2.96. The molecule has 0 saturated heterocycles. The van der Waals surface area contributed by atoms with Gasteiger partial charge >= 0.3 is 0 Å². The Balaban J connectivity index is 2.68. The lowest BCUT2D eigenvalue weighted by Gasteiger charge is -2.37. The summed E-state index contributed by atoms with van der Waals surface area (Å²) < 4.78 is 0. The third-order valence-corrected chi connectivity index (χ3v) is 7.05. The van der Waals surface area contributed by atoms with E-state index in [-0.39, 0.29) is 41.6 Å². The molecule has 0 aromatic heterocycles. The summed E-state index contributed by atoms with van der Waals surface area (Å²) in [7, 11) is 0. The third kappa shape index (κ3) is 4.57. The van der Waals surface area contributed by atoms with Crippen LogP contribution in [0.2, 0.25) is 0 Å². The van der Waals surface area contributed by atoms with Gasteiger partial charge in [0.1, 0.15) is 17.1 Å². The van der Waals surface area contributed by atoms with Crippen molar-refractivity contribution in [2.75, 3.05) is 0 Å². The van der Waals surface area contributed by atoms with Gasteiger partial charge in [-0.25, -0.2) is 0 Å². The normalized spacial score (nSPS) is 31.5. The van der Waals surface area contributed by atoms with Gasteiger partial charge in [0.25, 0.3) is 0 Å². The molecule has 5 nitrogen and oxygen atoms in total. The summed E-state index contributed by atoms with van der Waals surface area (Å²) in [4.78, 5) is 26.3. The fraction of sp³-hybridized carbons (Fsp3) is 0.615. The molecule has 0 amide bonds. The van der Waals surface area contributed by atoms with Gasteiger partial charge in [-0.3, -0.25) is 9.59 Å². The second kappa shape index (κ2) is 8.78. The number of carbonyl (C=O) groups is 2. The fourth-order valence-corrected chi connectivity index (χ4v) is 4.83. The van der Waals surface area contributed by atoms with Gasteiger partial charge in [-0.1, -0.05) is 37.6 Å². The molecule has 0 spiro atoms. The zero-order valence-electron chi connectivity index (χ0n) is 20.0. The minimum absolute atomic E-state index is 0.0222. The lowest BCUT2D eigenvalue weighted by molar-refractivity contribution is -0.128. The first kappa shape index (κ1) is 25.1. The molecule has 172 valence electrons. The van der Waals surface area contributed by atoms with Crippen molar-refractivity contribution in [3.63, 3.8) is 0 Å². The Morgan fingerprint density at radius 2 is 1.81 bits per heavy atom. The van der Waals surface area contributed by atoms with Gasteiger partial charge in [-0.15, -0.1) is 0 Å². The molecule has 0 aromatic rings. The molecule has 0 bridgehead atoms. The summed E-state index contributed by atoms with van der Waals surface area (Å²) in [6.07, 6.45) is 3.58. The number of aliphatic hydroxyl groups excluding tert-OH is 2. The highest BCUT2D eigenvalue weighted by molar-refractivity contribution is 6.24. The van der Waals surface area contributed by atoms with Crippen molar-refractivity contribution >= 4 is 11.6 Å². The highest BCUT2D eigenvalue weighted by atomic mass is 16.3. The molecular weight excluding hydrogens is 392 g/mol. The minimum Gasteiger partial charge on any atom is -0.511 e. The van der Waals surface area contributed by atoms with E-state index in [4.69, 9.17) is 0 Å². The van der Waals surface area contributed by atoms with Crippen LogP contribution in [-0.4, -0.2) is 32.5 Å². The van der Waals surface area contributed by atoms with Gasteiger partial charge in [0.15, 0.2) is 11.6 Å². The van der Waals surface area contributed by atoms with Gasteiger partial charge in [-0.05, 0) is 72.1 Å². The number of hydrogen-bond donors (Lipinski definition) is 3. The number of hydrogen-bond acceptors (Lipinski definition) is 5. The van der Waals surface area contributed by atoms with E-state index in [1.807, 2.05) is 26.8 Å². The minimum atomic E-state index is -1.35. The predicted octanol–water partition coefficient (Wildman–Crippen LogP) is 5.52. The molecule has 5 heteroatoms. The molecule has 0 aromatic carbocycles. The summed E-state index contributed by atoms with van der Waals surface area (Å²) >= 11 is 0. The Labute approximate surface area is 186 Å². The molecule has 1 fully saturated rings. The number of carbonyl (C=O) groups excluding carboxylic acids is 2. The Kier molecular flexibility index (Phi) is 7.11. The van der Waals surface area contributed by atoms with Crippen molar-refractivity contribution < 1.29 is 24.9 Å². The number of aliphatic hydroxyl groups is 3. The van der Waals surface area contributed by atoms with Gasteiger partial charge < -0.3 is 15.3 Å². The molecule has 1 saturated carbocycles. The Morgan fingerprint density at radius 3 is 2.29 bits per heavy atom. The largest absolute Gasteiger partial charge is 0.511 e. The summed E-state index contributed by atoms with van der Waals surface area (Å²) in [5.74, 6) is -2.40. The van der Waals surface area contributed by atoms with Crippen LogP contribution in [0, 0.1) is 23.2 Å². The maximum atomic E-state index is 13.4. The standard InChI is InChI=1S/C26H38O5/c1-14(2)9-11-25(7)23(29)18(22(28)20(24(25)30)21(27)16(5)6)13-19-17(15(3)4)10-12-26(19,8)31/h9,16-17,19,28-29,31H,3,10-13H2,1-2,4-8H3/t17-,19-,25-,26+/m1/s1. The highest BCUT2D eigenvalue weighted by Gasteiger charge is 2.51. The zero-order chi connectivity index (χ0) is 23.9. The highest BCUT2D eigenvalue weighted by Crippen LogP contribution is 2.50. The van der Waals surface area contributed by atoms with Crippen LogP contribution in [0.5, 0.6) is 0 Å². The van der Waals surface area contributed by atoms with E-state index in [1.165, 1.54) is 0 Å². The molecule has 0 radical (unpaired) electrons. The SMILES string of the molecule is C=C(C)[C@H]1CC[C@](C)(O)[C@@H]1CC1=C(O)[C@@](C)(CC=C(C)C)C(=O)C(C(=O)C(C)C)=C1O. The van der Waals surface area contributed by atoms with E-state index in [0.717, 1.165) is 17.6 Å². The van der Waals surface area contributed by atoms with Crippen LogP contribution < -0.4 is 0 Å². The van der Waals surface area contributed by atoms with Crippen LogP contribution in [0.3, 0.4) is 0 Å². The van der Waals surface area contributed by atoms with Gasteiger partial charge in [0, 0.05) is 11.5 Å². The molecule has 31 heavy (non-hydrogen) atoms. The number of rotatable bonds is 7. The molecular formula is C26H38O5. The first-order valence-electron chi connectivity index (χ1n) is 11.1. The summed E-state index contributed by atoms with van der Waals surface area (Å²) in [6, 6.07) is 0. The number of ketones is 2. The molecule has 0 heterocycles. The molecule has 0 aliphatic heterocycles. The van der Waals surface area contributed by atoms with Crippen molar-refractivity contribution in [2.24, 2.45) is 23.2 Å². The first-order chi connectivity index (χ1) is 14.1. The predicted molar refractivity (Wildman–Crippen MR) is 123 cm³/mol. The Bertz CT molecular complexity index is 879. The second-order valence-corrected chi connectivity index (χ2v) is 10.4. The van der Waals surface area contributed by atoms with E-state index >= 15 is 0 Å². The summed E-state index contributed by atoms with van der Waals surface area (Å²) in [6.45, 7) is 16.5. The van der Waals surface area contributed by atoms with Gasteiger partial charge in [-0.2, -0.15) is 0 Å². The van der Waals surface area contributed by atoms with E-state index in [1.54, 1.807) is 27.7 Å². The smallest absolute Gasteiger partial charge is 0.183 e. The van der Waals surface area contributed by atoms with Gasteiger partial charge in [0.2, 0.25) is 0 Å². The van der Waals surface area contributed by atoms with Crippen molar-refractivity contribution in [1.29, 1.82) is 0 Å².